The second kappa shape index (κ2) is 10.8. The van der Waals surface area contributed by atoms with Crippen LogP contribution in [0, 0.1) is 12.8 Å². The van der Waals surface area contributed by atoms with Crippen LogP contribution in [0.15, 0.2) is 77.4 Å². The summed E-state index contributed by atoms with van der Waals surface area (Å²) in [5.74, 6) is -0.0159. The summed E-state index contributed by atoms with van der Waals surface area (Å²) in [6.45, 7) is 3.29. The molecule has 7 nitrogen and oxygen atoms in total. The lowest BCUT2D eigenvalue weighted by Gasteiger charge is -2.36. The number of likely N-dealkylation sites (tertiary alicyclic amines) is 1. The van der Waals surface area contributed by atoms with Gasteiger partial charge in [0, 0.05) is 24.2 Å². The Kier molecular flexibility index (Phi) is 7.42. The molecule has 2 N–H and O–H groups in total. The molecule has 1 aromatic heterocycles. The molecule has 0 spiro atoms. The molecule has 0 radical (unpaired) electrons. The molecule has 34 heavy (non-hydrogen) atoms. The molecule has 3 amide bonds. The Hall–Kier alpha value is -3.87. The van der Waals surface area contributed by atoms with Crippen LogP contribution in [-0.4, -0.2) is 41.8 Å². The molecule has 3 aromatic rings. The Labute approximate surface area is 199 Å². The van der Waals surface area contributed by atoms with E-state index < -0.39 is 6.04 Å². The summed E-state index contributed by atoms with van der Waals surface area (Å²) in [4.78, 5) is 40.7. The third-order valence-electron chi connectivity index (χ3n) is 6.22. The van der Waals surface area contributed by atoms with Crippen LogP contribution in [0.4, 0.5) is 0 Å². The van der Waals surface area contributed by atoms with Crippen molar-refractivity contribution in [3.63, 3.8) is 0 Å². The Morgan fingerprint density at radius 2 is 1.65 bits per heavy atom. The molecule has 1 unspecified atom stereocenters. The third-order valence-corrected chi connectivity index (χ3v) is 6.22. The Balaban J connectivity index is 1.42. The van der Waals surface area contributed by atoms with Crippen molar-refractivity contribution in [1.29, 1.82) is 0 Å². The van der Waals surface area contributed by atoms with Crippen molar-refractivity contribution in [2.75, 3.05) is 13.1 Å². The van der Waals surface area contributed by atoms with Crippen LogP contribution >= 0.6 is 0 Å². The predicted octanol–water partition coefficient (Wildman–Crippen LogP) is 3.56. The molecule has 4 rings (SSSR count). The Morgan fingerprint density at radius 1 is 0.941 bits per heavy atom. The molecule has 1 atom stereocenters. The summed E-state index contributed by atoms with van der Waals surface area (Å²) in [7, 11) is 0. The van der Waals surface area contributed by atoms with E-state index in [1.54, 1.807) is 42.7 Å². The van der Waals surface area contributed by atoms with Crippen molar-refractivity contribution < 1.29 is 18.8 Å². The molecule has 0 saturated carbocycles. The number of aryl methyl sites for hydroxylation is 1. The predicted molar refractivity (Wildman–Crippen MR) is 128 cm³/mol. The number of piperidine rings is 1. The number of benzene rings is 2. The molecule has 1 saturated heterocycles. The van der Waals surface area contributed by atoms with Gasteiger partial charge in [-0.3, -0.25) is 14.4 Å². The molecule has 2 aromatic carbocycles. The molecule has 2 heterocycles. The van der Waals surface area contributed by atoms with Gasteiger partial charge in [0.15, 0.2) is 0 Å². The molecular weight excluding hydrogens is 430 g/mol. The van der Waals surface area contributed by atoms with Crippen molar-refractivity contribution in [3.05, 3.63) is 95.4 Å². The zero-order valence-corrected chi connectivity index (χ0v) is 19.2. The topological polar surface area (TPSA) is 91.7 Å². The van der Waals surface area contributed by atoms with Gasteiger partial charge in [-0.05, 0) is 62.1 Å². The minimum atomic E-state index is -0.709. The van der Waals surface area contributed by atoms with Gasteiger partial charge in [0.05, 0.1) is 12.8 Å². The molecule has 0 bridgehead atoms. The summed E-state index contributed by atoms with van der Waals surface area (Å²) in [6, 6.07) is 19.2. The lowest BCUT2D eigenvalue weighted by Crippen LogP contribution is -2.53. The largest absolute Gasteiger partial charge is 0.467 e. The first kappa shape index (κ1) is 23.3. The Morgan fingerprint density at radius 3 is 2.29 bits per heavy atom. The first-order chi connectivity index (χ1) is 16.5. The SMILES string of the molecule is Cc1ccc(C(=O)N2CCC(C(NC(=O)c3ccccc3)C(=O)NCc3ccco3)CC2)cc1. The van der Waals surface area contributed by atoms with Gasteiger partial charge in [0.1, 0.15) is 11.8 Å². The standard InChI is InChI=1S/C27H29N3O4/c1-19-9-11-22(12-10-19)27(33)30-15-13-20(14-16-30)24(26(32)28-18-23-8-5-17-34-23)29-25(31)21-6-3-2-4-7-21/h2-12,17,20,24H,13-16,18H2,1H3,(H,28,32)(H,29,31). The summed E-state index contributed by atoms with van der Waals surface area (Å²) in [5, 5.41) is 5.81. The van der Waals surface area contributed by atoms with Gasteiger partial charge in [0.25, 0.3) is 11.8 Å². The zero-order chi connectivity index (χ0) is 23.9. The van der Waals surface area contributed by atoms with E-state index >= 15 is 0 Å². The highest BCUT2D eigenvalue weighted by molar-refractivity contribution is 5.97. The van der Waals surface area contributed by atoms with E-state index in [0.29, 0.717) is 42.8 Å². The van der Waals surface area contributed by atoms with Gasteiger partial charge in [-0.2, -0.15) is 0 Å². The number of nitrogens with zero attached hydrogens (tertiary/aromatic N) is 1. The van der Waals surface area contributed by atoms with Gasteiger partial charge >= 0.3 is 0 Å². The first-order valence-corrected chi connectivity index (χ1v) is 11.5. The van der Waals surface area contributed by atoms with Gasteiger partial charge in [-0.25, -0.2) is 0 Å². The van der Waals surface area contributed by atoms with Gasteiger partial charge < -0.3 is 20.0 Å². The molecule has 1 aliphatic heterocycles. The highest BCUT2D eigenvalue weighted by atomic mass is 16.3. The lowest BCUT2D eigenvalue weighted by atomic mass is 9.88. The van der Waals surface area contributed by atoms with Crippen molar-refractivity contribution in [1.82, 2.24) is 15.5 Å². The summed E-state index contributed by atoms with van der Waals surface area (Å²) in [6.07, 6.45) is 2.79. The van der Waals surface area contributed by atoms with Crippen LogP contribution in [0.5, 0.6) is 0 Å². The van der Waals surface area contributed by atoms with Crippen LogP contribution in [0.25, 0.3) is 0 Å². The van der Waals surface area contributed by atoms with Crippen LogP contribution in [0.2, 0.25) is 0 Å². The maximum Gasteiger partial charge on any atom is 0.253 e. The van der Waals surface area contributed by atoms with Crippen LogP contribution < -0.4 is 10.6 Å². The molecule has 0 aliphatic carbocycles. The number of hydrogen-bond donors (Lipinski definition) is 2. The summed E-state index contributed by atoms with van der Waals surface area (Å²) in [5.41, 5.74) is 2.26. The summed E-state index contributed by atoms with van der Waals surface area (Å²) < 4.78 is 5.30. The van der Waals surface area contributed by atoms with E-state index in [1.165, 1.54) is 0 Å². The Bertz CT molecular complexity index is 1100. The number of amides is 3. The van der Waals surface area contributed by atoms with E-state index in [-0.39, 0.29) is 30.2 Å². The van der Waals surface area contributed by atoms with E-state index in [2.05, 4.69) is 10.6 Å². The molecule has 1 aliphatic rings. The zero-order valence-electron chi connectivity index (χ0n) is 19.2. The highest BCUT2D eigenvalue weighted by Gasteiger charge is 2.34. The third kappa shape index (κ3) is 5.73. The van der Waals surface area contributed by atoms with E-state index in [1.807, 2.05) is 42.2 Å². The summed E-state index contributed by atoms with van der Waals surface area (Å²) >= 11 is 0. The molecule has 176 valence electrons. The smallest absolute Gasteiger partial charge is 0.253 e. The fraction of sp³-hybridized carbons (Fsp3) is 0.296. The van der Waals surface area contributed by atoms with Crippen molar-refractivity contribution >= 4 is 17.7 Å². The fourth-order valence-electron chi connectivity index (χ4n) is 4.22. The minimum Gasteiger partial charge on any atom is -0.467 e. The normalized spacial score (nSPS) is 14.9. The number of carbonyl (C=O) groups is 3. The molecular formula is C27H29N3O4. The van der Waals surface area contributed by atoms with Crippen molar-refractivity contribution in [2.24, 2.45) is 5.92 Å². The quantitative estimate of drug-likeness (QED) is 0.565. The highest BCUT2D eigenvalue weighted by Crippen LogP contribution is 2.23. The van der Waals surface area contributed by atoms with E-state index in [0.717, 1.165) is 5.56 Å². The van der Waals surface area contributed by atoms with E-state index in [9.17, 15) is 14.4 Å². The average molecular weight is 460 g/mol. The van der Waals surface area contributed by atoms with Gasteiger partial charge in [0.2, 0.25) is 5.91 Å². The number of rotatable bonds is 7. The van der Waals surface area contributed by atoms with Crippen LogP contribution in [0.1, 0.15) is 44.9 Å². The first-order valence-electron chi connectivity index (χ1n) is 11.5. The minimum absolute atomic E-state index is 0.00871. The molecule has 7 heteroatoms. The maximum absolute atomic E-state index is 13.1. The number of furan rings is 1. The average Bonchev–Trinajstić information content (AvgIpc) is 3.40. The van der Waals surface area contributed by atoms with Crippen LogP contribution in [0.3, 0.4) is 0 Å². The number of carbonyl (C=O) groups excluding carboxylic acids is 3. The second-order valence-corrected chi connectivity index (χ2v) is 8.61. The van der Waals surface area contributed by atoms with Gasteiger partial charge in [-0.15, -0.1) is 0 Å². The van der Waals surface area contributed by atoms with E-state index in [4.69, 9.17) is 4.42 Å². The fourth-order valence-corrected chi connectivity index (χ4v) is 4.22. The second-order valence-electron chi connectivity index (χ2n) is 8.61. The molecule has 1 fully saturated rings. The van der Waals surface area contributed by atoms with Crippen molar-refractivity contribution in [3.8, 4) is 0 Å². The van der Waals surface area contributed by atoms with Crippen molar-refractivity contribution in [2.45, 2.75) is 32.4 Å². The lowest BCUT2D eigenvalue weighted by molar-refractivity contribution is -0.124. The van der Waals surface area contributed by atoms with Gasteiger partial charge in [-0.1, -0.05) is 35.9 Å². The van der Waals surface area contributed by atoms with Crippen LogP contribution in [-0.2, 0) is 11.3 Å². The number of nitrogens with one attached hydrogen (secondary N) is 2. The monoisotopic (exact) mass is 459 g/mol. The maximum atomic E-state index is 13.1. The number of hydrogen-bond acceptors (Lipinski definition) is 4.